The van der Waals surface area contributed by atoms with Crippen LogP contribution in [-0.2, 0) is 14.1 Å². The normalized spacial score (nSPS) is 16.7. The van der Waals surface area contributed by atoms with Crippen molar-refractivity contribution in [2.45, 2.75) is 6.10 Å². The molecule has 1 atom stereocenters. The number of nitrogens with zero attached hydrogens (tertiary/aromatic N) is 3. The van der Waals surface area contributed by atoms with E-state index in [1.54, 1.807) is 13.1 Å². The van der Waals surface area contributed by atoms with E-state index in [4.69, 9.17) is 9.47 Å². The van der Waals surface area contributed by atoms with Gasteiger partial charge >= 0.3 is 5.69 Å². The molecule has 0 bridgehead atoms. The Balaban J connectivity index is 1.83. The number of ether oxygens (including phenoxy) is 2. The zero-order valence-electron chi connectivity index (χ0n) is 12.6. The number of nitrogens with one attached hydrogen (secondary N) is 1. The maximum absolute atomic E-state index is 12.2. The Morgan fingerprint density at radius 3 is 2.70 bits per heavy atom. The quantitative estimate of drug-likeness (QED) is 0.705. The third-order valence-electron chi connectivity index (χ3n) is 3.93. The van der Waals surface area contributed by atoms with Crippen molar-refractivity contribution in [3.63, 3.8) is 0 Å². The number of H-pyrrole nitrogens is 1. The van der Waals surface area contributed by atoms with Crippen LogP contribution in [0.2, 0.25) is 0 Å². The topological polar surface area (TPSA) is 91.1 Å². The Morgan fingerprint density at radius 2 is 1.91 bits per heavy atom. The van der Waals surface area contributed by atoms with Crippen LogP contribution in [0, 0.1) is 0 Å². The lowest BCUT2D eigenvalue weighted by Crippen LogP contribution is -2.36. The van der Waals surface area contributed by atoms with Gasteiger partial charge in [0.15, 0.2) is 29.1 Å². The van der Waals surface area contributed by atoms with E-state index < -0.39 is 17.4 Å². The first-order valence-corrected chi connectivity index (χ1v) is 7.10. The molecule has 1 aliphatic rings. The minimum Gasteiger partial charge on any atom is -0.485 e. The molecule has 23 heavy (non-hydrogen) atoms. The van der Waals surface area contributed by atoms with Crippen LogP contribution >= 0.6 is 0 Å². The second kappa shape index (κ2) is 4.73. The van der Waals surface area contributed by atoms with Crippen LogP contribution in [0.25, 0.3) is 11.2 Å². The van der Waals surface area contributed by atoms with E-state index in [-0.39, 0.29) is 12.1 Å². The molecule has 118 valence electrons. The molecule has 3 heterocycles. The van der Waals surface area contributed by atoms with Crippen LogP contribution in [-0.4, -0.2) is 25.7 Å². The van der Waals surface area contributed by atoms with E-state index >= 15 is 0 Å². The minimum absolute atomic E-state index is 0.269. The largest absolute Gasteiger partial charge is 0.485 e. The number of hydrogen-bond donors (Lipinski definition) is 1. The zero-order chi connectivity index (χ0) is 16.1. The van der Waals surface area contributed by atoms with Gasteiger partial charge < -0.3 is 14.5 Å². The molecule has 1 unspecified atom stereocenters. The van der Waals surface area contributed by atoms with Gasteiger partial charge in [0, 0.05) is 14.1 Å². The van der Waals surface area contributed by atoms with Crippen molar-refractivity contribution >= 4 is 11.2 Å². The molecule has 1 aromatic carbocycles. The molecule has 8 heteroatoms. The Bertz CT molecular complexity index is 1030. The smallest absolute Gasteiger partial charge is 0.332 e. The highest BCUT2D eigenvalue weighted by Gasteiger charge is 2.26. The van der Waals surface area contributed by atoms with Crippen molar-refractivity contribution in [3.05, 3.63) is 50.9 Å². The van der Waals surface area contributed by atoms with E-state index in [1.165, 1.54) is 11.6 Å². The lowest BCUT2D eigenvalue weighted by Gasteiger charge is -2.24. The second-order valence-electron chi connectivity index (χ2n) is 5.39. The van der Waals surface area contributed by atoms with Gasteiger partial charge in [0.2, 0.25) is 0 Å². The highest BCUT2D eigenvalue weighted by molar-refractivity contribution is 5.69. The highest BCUT2D eigenvalue weighted by atomic mass is 16.6. The van der Waals surface area contributed by atoms with Gasteiger partial charge in [-0.05, 0) is 12.1 Å². The second-order valence-corrected chi connectivity index (χ2v) is 5.39. The molecule has 8 nitrogen and oxygen atoms in total. The van der Waals surface area contributed by atoms with Crippen LogP contribution in [0.3, 0.4) is 0 Å². The average Bonchev–Trinajstić information content (AvgIpc) is 3.03. The number of aromatic nitrogens is 4. The fourth-order valence-corrected chi connectivity index (χ4v) is 2.65. The van der Waals surface area contributed by atoms with E-state index in [1.807, 2.05) is 18.2 Å². The molecule has 1 N–H and O–H groups in total. The first kappa shape index (κ1) is 13.6. The van der Waals surface area contributed by atoms with Crippen molar-refractivity contribution in [1.29, 1.82) is 0 Å². The number of benzene rings is 1. The fourth-order valence-electron chi connectivity index (χ4n) is 2.65. The van der Waals surface area contributed by atoms with Gasteiger partial charge in [-0.2, -0.15) is 0 Å². The predicted molar refractivity (Wildman–Crippen MR) is 81.9 cm³/mol. The van der Waals surface area contributed by atoms with Crippen molar-refractivity contribution in [2.24, 2.45) is 14.1 Å². The third kappa shape index (κ3) is 1.95. The Labute approximate surface area is 129 Å². The summed E-state index contributed by atoms with van der Waals surface area (Å²) in [7, 11) is 3.00. The Morgan fingerprint density at radius 1 is 1.17 bits per heavy atom. The summed E-state index contributed by atoms with van der Waals surface area (Å²) in [4.78, 5) is 31.5. The van der Waals surface area contributed by atoms with Crippen molar-refractivity contribution in [2.75, 3.05) is 6.61 Å². The lowest BCUT2D eigenvalue weighted by molar-refractivity contribution is 0.0859. The number of para-hydroxylation sites is 2. The van der Waals surface area contributed by atoms with Crippen LogP contribution in [0.1, 0.15) is 11.9 Å². The number of aryl methyl sites for hydroxylation is 1. The van der Waals surface area contributed by atoms with Gasteiger partial charge in [0.25, 0.3) is 5.56 Å². The number of aromatic amines is 1. The van der Waals surface area contributed by atoms with E-state index in [0.717, 1.165) is 4.57 Å². The molecule has 0 spiro atoms. The molecule has 4 rings (SSSR count). The van der Waals surface area contributed by atoms with Crippen LogP contribution < -0.4 is 20.7 Å². The van der Waals surface area contributed by atoms with Gasteiger partial charge in [-0.25, -0.2) is 9.78 Å². The summed E-state index contributed by atoms with van der Waals surface area (Å²) >= 11 is 0. The zero-order valence-corrected chi connectivity index (χ0v) is 12.6. The Hall–Kier alpha value is -3.03. The van der Waals surface area contributed by atoms with Crippen LogP contribution in [0.15, 0.2) is 33.9 Å². The average molecular weight is 314 g/mol. The van der Waals surface area contributed by atoms with E-state index in [0.29, 0.717) is 23.0 Å². The SMILES string of the molecule is Cn1c(=O)c2[nH]c(C3COc4ccccc4O3)nc2n(C)c1=O. The summed E-state index contributed by atoms with van der Waals surface area (Å²) in [6.07, 6.45) is -0.475. The monoisotopic (exact) mass is 314 g/mol. The standard InChI is InChI=1S/C15H14N4O4/c1-18-13-11(14(20)19(2)15(18)21)16-12(17-13)10-7-22-8-5-3-4-6-9(8)23-10/h3-6,10H,7H2,1-2H3,(H,16,17). The molecule has 0 saturated carbocycles. The predicted octanol–water partition coefficient (Wildman–Crippen LogP) is 0.473. The van der Waals surface area contributed by atoms with E-state index in [9.17, 15) is 9.59 Å². The number of imidazole rings is 1. The molecule has 2 aromatic heterocycles. The van der Waals surface area contributed by atoms with Crippen molar-refractivity contribution < 1.29 is 9.47 Å². The number of rotatable bonds is 1. The van der Waals surface area contributed by atoms with Gasteiger partial charge in [0.05, 0.1) is 0 Å². The lowest BCUT2D eigenvalue weighted by atomic mass is 10.2. The summed E-state index contributed by atoms with van der Waals surface area (Å²) in [5.74, 6) is 1.74. The van der Waals surface area contributed by atoms with Gasteiger partial charge in [-0.15, -0.1) is 0 Å². The number of hydrogen-bond acceptors (Lipinski definition) is 5. The van der Waals surface area contributed by atoms with Gasteiger partial charge in [-0.1, -0.05) is 12.1 Å². The molecular weight excluding hydrogens is 300 g/mol. The summed E-state index contributed by atoms with van der Waals surface area (Å²) in [5, 5.41) is 0. The van der Waals surface area contributed by atoms with Crippen molar-refractivity contribution in [3.8, 4) is 11.5 Å². The Kier molecular flexibility index (Phi) is 2.80. The third-order valence-corrected chi connectivity index (χ3v) is 3.93. The van der Waals surface area contributed by atoms with E-state index in [2.05, 4.69) is 9.97 Å². The highest BCUT2D eigenvalue weighted by Crippen LogP contribution is 2.35. The number of fused-ring (bicyclic) bond motifs is 2. The first-order valence-electron chi connectivity index (χ1n) is 7.10. The molecule has 0 radical (unpaired) electrons. The summed E-state index contributed by atoms with van der Waals surface area (Å²) in [6, 6.07) is 7.34. The first-order chi connectivity index (χ1) is 11.1. The molecular formula is C15H14N4O4. The summed E-state index contributed by atoms with van der Waals surface area (Å²) in [6.45, 7) is 0.269. The molecule has 0 saturated heterocycles. The summed E-state index contributed by atoms with van der Waals surface area (Å²) in [5.41, 5.74) is -0.270. The molecule has 0 amide bonds. The molecule has 1 aliphatic heterocycles. The van der Waals surface area contributed by atoms with Crippen LogP contribution in [0.4, 0.5) is 0 Å². The van der Waals surface area contributed by atoms with Gasteiger partial charge in [-0.3, -0.25) is 13.9 Å². The molecule has 0 fully saturated rings. The van der Waals surface area contributed by atoms with Crippen molar-refractivity contribution in [1.82, 2.24) is 19.1 Å². The molecule has 3 aromatic rings. The van der Waals surface area contributed by atoms with Gasteiger partial charge in [0.1, 0.15) is 12.1 Å². The summed E-state index contributed by atoms with van der Waals surface area (Å²) < 4.78 is 13.9. The van der Waals surface area contributed by atoms with Crippen LogP contribution in [0.5, 0.6) is 11.5 Å². The molecule has 0 aliphatic carbocycles. The maximum atomic E-state index is 12.2. The maximum Gasteiger partial charge on any atom is 0.332 e. The minimum atomic E-state index is -0.475. The fraction of sp³-hybridized carbons (Fsp3) is 0.267.